The van der Waals surface area contributed by atoms with E-state index >= 15 is 0 Å². The molecule has 0 aliphatic carbocycles. The van der Waals surface area contributed by atoms with E-state index in [0.717, 1.165) is 16.7 Å². The molecule has 0 amide bonds. The summed E-state index contributed by atoms with van der Waals surface area (Å²) < 4.78 is 22.7. The summed E-state index contributed by atoms with van der Waals surface area (Å²) in [5.41, 5.74) is 2.97. The van der Waals surface area contributed by atoms with Gasteiger partial charge in [0, 0.05) is 21.2 Å². The molecule has 31 heavy (non-hydrogen) atoms. The first-order valence-electron chi connectivity index (χ1n) is 9.79. The Hall–Kier alpha value is -2.57. The number of benzene rings is 3. The monoisotopic (exact) mass is 456 g/mol. The Balaban J connectivity index is 1.38. The molecule has 3 aromatic rings. The zero-order valence-electron chi connectivity index (χ0n) is 16.3. The largest absolute Gasteiger partial charge is 0.488 e. The average Bonchev–Trinajstić information content (AvgIpc) is 3.58. The van der Waals surface area contributed by atoms with Crippen LogP contribution in [0.15, 0.2) is 60.7 Å². The van der Waals surface area contributed by atoms with E-state index in [1.54, 1.807) is 30.3 Å². The van der Waals surface area contributed by atoms with E-state index < -0.39 is 12.2 Å². The highest BCUT2D eigenvalue weighted by Crippen LogP contribution is 2.48. The number of ketones is 1. The molecular formula is C24H18Cl2O5. The summed E-state index contributed by atoms with van der Waals surface area (Å²) in [6.07, 6.45) is -1.11. The van der Waals surface area contributed by atoms with E-state index in [4.69, 9.17) is 42.1 Å². The van der Waals surface area contributed by atoms with Crippen molar-refractivity contribution < 1.29 is 23.7 Å². The molecule has 3 aromatic carbocycles. The molecule has 0 spiro atoms. The molecule has 0 radical (unpaired) electrons. The predicted octanol–water partition coefficient (Wildman–Crippen LogP) is 5.76. The van der Waals surface area contributed by atoms with Crippen molar-refractivity contribution in [1.82, 2.24) is 0 Å². The van der Waals surface area contributed by atoms with Gasteiger partial charge in [0.25, 0.3) is 0 Å². The summed E-state index contributed by atoms with van der Waals surface area (Å²) in [7, 11) is 0. The predicted molar refractivity (Wildman–Crippen MR) is 116 cm³/mol. The maximum absolute atomic E-state index is 13.3. The normalized spacial score (nSPS) is 19.3. The summed E-state index contributed by atoms with van der Waals surface area (Å²) in [4.78, 5) is 13.3. The van der Waals surface area contributed by atoms with Crippen LogP contribution in [-0.2, 0) is 22.7 Å². The van der Waals surface area contributed by atoms with Gasteiger partial charge in [0.15, 0.2) is 18.7 Å². The van der Waals surface area contributed by atoms with Gasteiger partial charge in [0.2, 0.25) is 0 Å². The van der Waals surface area contributed by atoms with Gasteiger partial charge in [-0.05, 0) is 35.9 Å². The molecular weight excluding hydrogens is 439 g/mol. The van der Waals surface area contributed by atoms with Crippen molar-refractivity contribution in [3.63, 3.8) is 0 Å². The van der Waals surface area contributed by atoms with Crippen LogP contribution >= 0.6 is 23.2 Å². The first-order valence-corrected chi connectivity index (χ1v) is 10.5. The molecule has 5 nitrogen and oxygen atoms in total. The molecule has 5 rings (SSSR count). The minimum absolute atomic E-state index is 0.152. The van der Waals surface area contributed by atoms with Crippen LogP contribution in [0.1, 0.15) is 33.2 Å². The third kappa shape index (κ3) is 4.27. The smallest absolute Gasteiger partial charge is 0.198 e. The van der Waals surface area contributed by atoms with Crippen LogP contribution in [0.3, 0.4) is 0 Å². The number of epoxide rings is 1. The second-order valence-corrected chi connectivity index (χ2v) is 8.22. The second kappa shape index (κ2) is 8.52. The Kier molecular flexibility index (Phi) is 5.59. The van der Waals surface area contributed by atoms with Gasteiger partial charge in [-0.3, -0.25) is 4.79 Å². The fourth-order valence-corrected chi connectivity index (χ4v) is 4.10. The summed E-state index contributed by atoms with van der Waals surface area (Å²) >= 11 is 12.4. The summed E-state index contributed by atoms with van der Waals surface area (Å²) in [6, 6.07) is 18.3. The van der Waals surface area contributed by atoms with Gasteiger partial charge in [-0.2, -0.15) is 0 Å². The van der Waals surface area contributed by atoms with Crippen molar-refractivity contribution in [3.8, 4) is 11.5 Å². The van der Waals surface area contributed by atoms with Crippen molar-refractivity contribution >= 4 is 29.0 Å². The maximum Gasteiger partial charge on any atom is 0.198 e. The Bertz CT molecular complexity index is 1130. The number of Topliss-reactive ketones (excluding diaryl/α,β-unsaturated/α-hetero) is 1. The summed E-state index contributed by atoms with van der Waals surface area (Å²) in [5, 5.41) is 0.993. The van der Waals surface area contributed by atoms with E-state index in [1.807, 2.05) is 30.3 Å². The average molecular weight is 457 g/mol. The highest BCUT2D eigenvalue weighted by molar-refractivity contribution is 6.31. The van der Waals surface area contributed by atoms with Crippen LogP contribution in [0, 0.1) is 0 Å². The first-order chi connectivity index (χ1) is 15.1. The molecule has 1 fully saturated rings. The number of hydrogen-bond acceptors (Lipinski definition) is 5. The lowest BCUT2D eigenvalue weighted by Crippen LogP contribution is -2.14. The number of fused-ring (bicyclic) bond motifs is 1. The van der Waals surface area contributed by atoms with Gasteiger partial charge in [0.05, 0.1) is 12.2 Å². The van der Waals surface area contributed by atoms with Gasteiger partial charge in [-0.15, -0.1) is 0 Å². The topological polar surface area (TPSA) is 57.3 Å². The summed E-state index contributed by atoms with van der Waals surface area (Å²) in [6.45, 7) is 0.895. The number of halogens is 2. The van der Waals surface area contributed by atoms with Crippen molar-refractivity contribution in [1.29, 1.82) is 0 Å². The van der Waals surface area contributed by atoms with E-state index in [1.165, 1.54) is 0 Å². The minimum Gasteiger partial charge on any atom is -0.488 e. The number of carbonyl (C=O) groups excluding carboxylic acids is 1. The van der Waals surface area contributed by atoms with Crippen LogP contribution in [0.25, 0.3) is 0 Å². The van der Waals surface area contributed by atoms with E-state index in [9.17, 15) is 4.79 Å². The van der Waals surface area contributed by atoms with Crippen molar-refractivity contribution in [3.05, 3.63) is 93.0 Å². The van der Waals surface area contributed by atoms with Crippen LogP contribution in [0.4, 0.5) is 0 Å². The zero-order valence-corrected chi connectivity index (χ0v) is 17.9. The number of rotatable bonds is 6. The lowest BCUT2D eigenvalue weighted by Gasteiger charge is -2.20. The lowest BCUT2D eigenvalue weighted by molar-refractivity contribution is -0.0172. The maximum atomic E-state index is 13.3. The fraction of sp³-hybridized carbons (Fsp3) is 0.208. The van der Waals surface area contributed by atoms with Crippen LogP contribution < -0.4 is 9.47 Å². The third-order valence-corrected chi connectivity index (χ3v) is 5.66. The highest BCUT2D eigenvalue weighted by atomic mass is 35.5. The molecule has 0 bridgehead atoms. The van der Waals surface area contributed by atoms with E-state index in [0.29, 0.717) is 40.3 Å². The second-order valence-electron chi connectivity index (χ2n) is 7.35. The molecule has 158 valence electrons. The Morgan fingerprint density at radius 3 is 2.71 bits per heavy atom. The van der Waals surface area contributed by atoms with Crippen molar-refractivity contribution in [2.24, 2.45) is 0 Å². The first kappa shape index (κ1) is 20.3. The standard InChI is InChI=1S/C24H18Cl2O5/c25-16-6-7-20(29-11-14-4-2-1-3-5-14)18(9-16)21(27)24-23(31-24)19-10-17(26)8-15-12-28-13-30-22(15)19/h1-10,23-24H,11-13H2/t23-,24+/m1/s1. The molecule has 0 aromatic heterocycles. The number of ether oxygens (including phenoxy) is 4. The molecule has 7 heteroatoms. The highest BCUT2D eigenvalue weighted by Gasteiger charge is 2.49. The SMILES string of the molecule is O=C(c1cc(Cl)ccc1OCc1ccccc1)[C@@H]1O[C@@H]1c1cc(Cl)cc2c1OCOC2. The molecule has 2 aliphatic rings. The number of hydrogen-bond donors (Lipinski definition) is 0. The van der Waals surface area contributed by atoms with Gasteiger partial charge in [-0.1, -0.05) is 53.5 Å². The molecule has 0 saturated carbocycles. The molecule has 0 N–H and O–H groups in total. The molecule has 2 atom stereocenters. The molecule has 0 unspecified atom stereocenters. The number of carbonyl (C=O) groups is 1. The van der Waals surface area contributed by atoms with Gasteiger partial charge >= 0.3 is 0 Å². The third-order valence-electron chi connectivity index (χ3n) is 5.20. The van der Waals surface area contributed by atoms with Gasteiger partial charge < -0.3 is 18.9 Å². The lowest BCUT2D eigenvalue weighted by atomic mass is 9.99. The van der Waals surface area contributed by atoms with Crippen LogP contribution in [0.2, 0.25) is 10.0 Å². The van der Waals surface area contributed by atoms with Crippen LogP contribution in [0.5, 0.6) is 11.5 Å². The van der Waals surface area contributed by atoms with Crippen LogP contribution in [-0.4, -0.2) is 18.7 Å². The van der Waals surface area contributed by atoms with E-state index in [2.05, 4.69) is 0 Å². The van der Waals surface area contributed by atoms with Crippen molar-refractivity contribution in [2.45, 2.75) is 25.4 Å². The zero-order chi connectivity index (χ0) is 21.4. The van der Waals surface area contributed by atoms with Crippen molar-refractivity contribution in [2.75, 3.05) is 6.79 Å². The Morgan fingerprint density at radius 1 is 1.03 bits per heavy atom. The van der Waals surface area contributed by atoms with Gasteiger partial charge in [-0.25, -0.2) is 0 Å². The van der Waals surface area contributed by atoms with E-state index in [-0.39, 0.29) is 12.6 Å². The van der Waals surface area contributed by atoms with Gasteiger partial charge in [0.1, 0.15) is 24.2 Å². The molecule has 2 heterocycles. The Labute approximate surface area is 189 Å². The minimum atomic E-state index is -0.661. The molecule has 1 saturated heterocycles. The Morgan fingerprint density at radius 2 is 1.87 bits per heavy atom. The molecule has 2 aliphatic heterocycles. The summed E-state index contributed by atoms with van der Waals surface area (Å²) in [5.74, 6) is 0.934. The quantitative estimate of drug-likeness (QED) is 0.348. The fourth-order valence-electron chi connectivity index (χ4n) is 3.68.